The molecule has 0 aromatic carbocycles. The van der Waals surface area contributed by atoms with Crippen LogP contribution in [0.1, 0.15) is 0 Å². The molecule has 2 fully saturated rings. The van der Waals surface area contributed by atoms with E-state index in [1.807, 2.05) is 26.2 Å². The van der Waals surface area contributed by atoms with E-state index in [-0.39, 0.29) is 0 Å². The zero-order valence-electron chi connectivity index (χ0n) is 17.1. The number of hydrogen-bond donors (Lipinski definition) is 0. The maximum atomic E-state index is 6.12. The molecular weight excluding hydrogens is 591 g/mol. The molecule has 8 nitrogen and oxygen atoms in total. The van der Waals surface area contributed by atoms with Crippen LogP contribution in [0.25, 0.3) is 0 Å². The summed E-state index contributed by atoms with van der Waals surface area (Å²) in [6.45, 7) is 14.7. The Kier molecular flexibility index (Phi) is 11.4. The minimum absolute atomic E-state index is 1.42. The summed E-state index contributed by atoms with van der Waals surface area (Å²) >= 11 is 24.5. The number of hydrogen-bond acceptors (Lipinski definition) is 8. The van der Waals surface area contributed by atoms with Gasteiger partial charge in [0.2, 0.25) is 0 Å². The Bertz CT molecular complexity index is 407. The Labute approximate surface area is 197 Å². The van der Waals surface area contributed by atoms with Gasteiger partial charge in [-0.3, -0.25) is 0 Å². The van der Waals surface area contributed by atoms with Gasteiger partial charge in [0.25, 0.3) is 37.1 Å². The van der Waals surface area contributed by atoms with Crippen LogP contribution in [0, 0.1) is 0 Å². The fourth-order valence-corrected chi connectivity index (χ4v) is 39.2. The van der Waals surface area contributed by atoms with Crippen LogP contribution < -0.4 is 0 Å². The standard InChI is InChI=1S/C4H12Cl4O4Si4.C4H16O4Si4/c1-13(5)9-14(2,6)11-16(4,8)12-15(3,7)10-13;1-9-5-10(2)7-12(4)8-11(3)6-9/h1-4H3;9-12H,1-4H3. The molecule has 2 saturated heterocycles. The molecule has 0 aliphatic carbocycles. The third-order valence-corrected chi connectivity index (χ3v) is 32.5. The zero-order chi connectivity index (χ0) is 22.0. The van der Waals surface area contributed by atoms with E-state index in [0.717, 1.165) is 0 Å². The van der Waals surface area contributed by atoms with E-state index in [0.29, 0.717) is 0 Å². The maximum absolute atomic E-state index is 6.12. The Morgan fingerprint density at radius 2 is 0.571 bits per heavy atom. The summed E-state index contributed by atoms with van der Waals surface area (Å²) in [6, 6.07) is 0. The fraction of sp³-hybridized carbons (Fsp3) is 1.00. The van der Waals surface area contributed by atoms with Gasteiger partial charge >= 0.3 is 31.5 Å². The highest BCUT2D eigenvalue weighted by Gasteiger charge is 2.56. The summed E-state index contributed by atoms with van der Waals surface area (Å²) in [7, 11) is -17.5. The second-order valence-corrected chi connectivity index (χ2v) is 33.6. The van der Waals surface area contributed by atoms with E-state index < -0.39 is 68.6 Å². The van der Waals surface area contributed by atoms with Gasteiger partial charge in [0.05, 0.1) is 0 Å². The van der Waals surface area contributed by atoms with Crippen molar-refractivity contribution in [2.24, 2.45) is 0 Å². The van der Waals surface area contributed by atoms with Crippen molar-refractivity contribution < 1.29 is 32.9 Å². The monoisotopic (exact) mass is 616 g/mol. The topological polar surface area (TPSA) is 73.8 Å². The van der Waals surface area contributed by atoms with Gasteiger partial charge in [-0.15, -0.1) is 44.3 Å². The molecule has 2 aliphatic rings. The lowest BCUT2D eigenvalue weighted by Crippen LogP contribution is -2.61. The second-order valence-electron chi connectivity index (χ2n) is 6.56. The van der Waals surface area contributed by atoms with Crippen LogP contribution in [0.15, 0.2) is 0 Å². The minimum atomic E-state index is -2.96. The summed E-state index contributed by atoms with van der Waals surface area (Å²) in [5.41, 5.74) is 0. The molecular formula is C8H28Cl4O8Si8. The predicted molar refractivity (Wildman–Crippen MR) is 131 cm³/mol. The first-order valence-electron chi connectivity index (χ1n) is 8.58. The van der Waals surface area contributed by atoms with Crippen molar-refractivity contribution >= 4 is 113 Å². The third kappa shape index (κ3) is 12.0. The highest BCUT2D eigenvalue weighted by atomic mass is 35.6. The van der Waals surface area contributed by atoms with E-state index in [9.17, 15) is 0 Å². The van der Waals surface area contributed by atoms with E-state index in [4.69, 9.17) is 77.2 Å². The number of halogens is 4. The van der Waals surface area contributed by atoms with Gasteiger partial charge in [0.15, 0.2) is 0 Å². The smallest absolute Gasteiger partial charge is 0.420 e. The molecule has 2 heterocycles. The van der Waals surface area contributed by atoms with Gasteiger partial charge in [-0.05, 0) is 52.4 Å². The highest BCUT2D eigenvalue weighted by molar-refractivity contribution is 7.31. The van der Waals surface area contributed by atoms with Gasteiger partial charge in [0, 0.05) is 0 Å². The Morgan fingerprint density at radius 1 is 0.429 bits per heavy atom. The van der Waals surface area contributed by atoms with Crippen LogP contribution in [-0.2, 0) is 32.9 Å². The van der Waals surface area contributed by atoms with E-state index >= 15 is 0 Å². The molecule has 0 saturated carbocycles. The predicted octanol–water partition coefficient (Wildman–Crippen LogP) is 2.76. The molecule has 0 bridgehead atoms. The molecule has 0 N–H and O–H groups in total. The van der Waals surface area contributed by atoms with Crippen molar-refractivity contribution in [3.63, 3.8) is 0 Å². The minimum Gasteiger partial charge on any atom is -0.420 e. The Morgan fingerprint density at radius 3 is 0.714 bits per heavy atom. The normalized spacial score (nSPS) is 51.0. The van der Waals surface area contributed by atoms with Crippen molar-refractivity contribution in [1.82, 2.24) is 0 Å². The summed E-state index contributed by atoms with van der Waals surface area (Å²) in [5, 5.41) is 0. The van der Waals surface area contributed by atoms with Crippen molar-refractivity contribution in [3.05, 3.63) is 0 Å². The van der Waals surface area contributed by atoms with Crippen molar-refractivity contribution in [3.8, 4) is 0 Å². The summed E-state index contributed by atoms with van der Waals surface area (Å²) in [5.74, 6) is 0. The molecule has 0 aromatic heterocycles. The molecule has 0 radical (unpaired) electrons. The molecule has 0 spiro atoms. The fourth-order valence-electron chi connectivity index (χ4n) is 2.59. The lowest BCUT2D eigenvalue weighted by atomic mass is 11.9. The summed E-state index contributed by atoms with van der Waals surface area (Å²) in [4.78, 5) is 0. The third-order valence-electron chi connectivity index (χ3n) is 2.99. The average molecular weight is 619 g/mol. The molecule has 20 heteroatoms. The highest BCUT2D eigenvalue weighted by Crippen LogP contribution is 2.36. The van der Waals surface area contributed by atoms with Crippen LogP contribution in [0.4, 0.5) is 0 Å². The molecule has 0 amide bonds. The van der Waals surface area contributed by atoms with E-state index in [2.05, 4.69) is 0 Å². The molecule has 2 rings (SSSR count). The van der Waals surface area contributed by atoms with Crippen molar-refractivity contribution in [2.75, 3.05) is 0 Å². The second kappa shape index (κ2) is 11.1. The average Bonchev–Trinajstić information content (AvgIpc) is 2.27. The first kappa shape index (κ1) is 28.6. The van der Waals surface area contributed by atoms with Crippen LogP contribution in [0.5, 0.6) is 0 Å². The lowest BCUT2D eigenvalue weighted by Gasteiger charge is -2.41. The first-order chi connectivity index (χ1) is 12.4. The Balaban J connectivity index is 0.000000292. The molecule has 28 heavy (non-hydrogen) atoms. The zero-order valence-corrected chi connectivity index (χ0v) is 28.7. The van der Waals surface area contributed by atoms with Gasteiger partial charge < -0.3 is 32.9 Å². The van der Waals surface area contributed by atoms with Gasteiger partial charge in [-0.1, -0.05) is 0 Å². The van der Waals surface area contributed by atoms with Gasteiger partial charge in [-0.25, -0.2) is 0 Å². The maximum Gasteiger partial charge on any atom is 0.423 e. The van der Waals surface area contributed by atoms with E-state index in [1.54, 1.807) is 26.2 Å². The SMILES string of the molecule is C[SiH]1O[SiH](C)O[SiH](C)O[SiH](C)O1.C[Si]1(Cl)O[Si](C)(Cl)O[Si](C)(Cl)O[Si](C)(Cl)O1. The van der Waals surface area contributed by atoms with E-state index in [1.165, 1.54) is 0 Å². The van der Waals surface area contributed by atoms with Crippen LogP contribution >= 0.6 is 44.3 Å². The molecule has 2 aliphatic heterocycles. The van der Waals surface area contributed by atoms with Crippen LogP contribution in [-0.4, -0.2) is 68.6 Å². The summed E-state index contributed by atoms with van der Waals surface area (Å²) in [6.07, 6.45) is 0. The quantitative estimate of drug-likeness (QED) is 0.303. The Hall–Kier alpha value is 2.58. The number of rotatable bonds is 0. The van der Waals surface area contributed by atoms with Crippen LogP contribution in [0.3, 0.4) is 0 Å². The summed E-state index contributed by atoms with van der Waals surface area (Å²) < 4.78 is 44.7. The first-order valence-corrected chi connectivity index (χ1v) is 30.3. The molecule has 0 aromatic rings. The lowest BCUT2D eigenvalue weighted by molar-refractivity contribution is 0.270. The molecule has 0 unspecified atom stereocenters. The van der Waals surface area contributed by atoms with Crippen LogP contribution in [0.2, 0.25) is 52.4 Å². The van der Waals surface area contributed by atoms with Crippen molar-refractivity contribution in [1.29, 1.82) is 0 Å². The van der Waals surface area contributed by atoms with Gasteiger partial charge in [0.1, 0.15) is 0 Å². The molecule has 0 atom stereocenters. The van der Waals surface area contributed by atoms with Crippen molar-refractivity contribution in [2.45, 2.75) is 52.4 Å². The van der Waals surface area contributed by atoms with Gasteiger partial charge in [-0.2, -0.15) is 0 Å². The molecule has 168 valence electrons. The largest absolute Gasteiger partial charge is 0.423 e.